The van der Waals surface area contributed by atoms with Gasteiger partial charge in [-0.25, -0.2) is 4.79 Å². The number of carboxylic acid groups (broad SMARTS) is 1. The summed E-state index contributed by atoms with van der Waals surface area (Å²) in [5.74, 6) is 2.19. The van der Waals surface area contributed by atoms with Gasteiger partial charge in [-0.3, -0.25) is 15.0 Å². The zero-order valence-corrected chi connectivity index (χ0v) is 23.2. The maximum absolute atomic E-state index is 12.9. The van der Waals surface area contributed by atoms with Gasteiger partial charge in [0.25, 0.3) is 0 Å². The van der Waals surface area contributed by atoms with Crippen molar-refractivity contribution in [2.24, 2.45) is 17.8 Å². The predicted molar refractivity (Wildman–Crippen MR) is 152 cm³/mol. The van der Waals surface area contributed by atoms with Crippen molar-refractivity contribution in [3.8, 4) is 0 Å². The van der Waals surface area contributed by atoms with E-state index in [0.717, 1.165) is 62.1 Å². The van der Waals surface area contributed by atoms with Crippen LogP contribution in [0.4, 0.5) is 16.2 Å². The number of para-hydroxylation sites is 2. The Morgan fingerprint density at radius 3 is 2.16 bits per heavy atom. The summed E-state index contributed by atoms with van der Waals surface area (Å²) in [5, 5.41) is 12.3. The van der Waals surface area contributed by atoms with E-state index in [4.69, 9.17) is 0 Å². The average Bonchev–Trinajstić information content (AvgIpc) is 2.89. The van der Waals surface area contributed by atoms with Crippen LogP contribution in [-0.2, 0) is 4.79 Å². The molecule has 1 aromatic rings. The summed E-state index contributed by atoms with van der Waals surface area (Å²) >= 11 is 0. The van der Waals surface area contributed by atoms with E-state index < -0.39 is 6.09 Å². The third kappa shape index (κ3) is 5.22. The van der Waals surface area contributed by atoms with Crippen LogP contribution in [0.2, 0.25) is 0 Å². The van der Waals surface area contributed by atoms with Crippen molar-refractivity contribution >= 4 is 23.3 Å². The number of Topliss-reactive ketones (excluding diaryl/α,β-unsaturated/α-hetero) is 1. The number of carbonyl (C=O) groups excluding carboxylic acids is 1. The van der Waals surface area contributed by atoms with Crippen LogP contribution in [0.5, 0.6) is 0 Å². The molecule has 5 fully saturated rings. The van der Waals surface area contributed by atoms with Crippen LogP contribution in [0, 0.1) is 17.8 Å². The first-order valence-corrected chi connectivity index (χ1v) is 15.6. The number of rotatable bonds is 6. The monoisotopic (exact) mass is 521 g/mol. The molecule has 1 aromatic carbocycles. The number of hydrogen-bond donors (Lipinski definition) is 2. The number of amides is 1. The van der Waals surface area contributed by atoms with E-state index in [1.165, 1.54) is 57.8 Å². The molecule has 1 unspecified atom stereocenters. The first-order valence-electron chi connectivity index (χ1n) is 15.6. The molecule has 3 saturated carbocycles. The third-order valence-corrected chi connectivity index (χ3v) is 11.0. The summed E-state index contributed by atoms with van der Waals surface area (Å²) < 4.78 is 0. The number of benzene rings is 1. The van der Waals surface area contributed by atoms with Crippen LogP contribution in [0.1, 0.15) is 103 Å². The van der Waals surface area contributed by atoms with Crippen LogP contribution in [0.25, 0.3) is 0 Å². The fourth-order valence-corrected chi connectivity index (χ4v) is 9.64. The zero-order valence-electron chi connectivity index (χ0n) is 23.2. The van der Waals surface area contributed by atoms with E-state index >= 15 is 0 Å². The Bertz CT molecular complexity index is 987. The minimum atomic E-state index is -1.03. The smallest absolute Gasteiger partial charge is 0.409 e. The molecule has 1 amide bonds. The Morgan fingerprint density at radius 2 is 1.47 bits per heavy atom. The van der Waals surface area contributed by atoms with Crippen LogP contribution in [0.3, 0.4) is 0 Å². The molecule has 4 bridgehead atoms. The van der Waals surface area contributed by atoms with Crippen molar-refractivity contribution < 1.29 is 14.7 Å². The summed E-state index contributed by atoms with van der Waals surface area (Å²) in [4.78, 5) is 30.2. The van der Waals surface area contributed by atoms with Gasteiger partial charge in [-0.2, -0.15) is 0 Å². The summed E-state index contributed by atoms with van der Waals surface area (Å²) in [7, 11) is 0. The summed E-state index contributed by atoms with van der Waals surface area (Å²) in [6.07, 6.45) is 17.9. The Morgan fingerprint density at radius 1 is 0.816 bits per heavy atom. The lowest BCUT2D eigenvalue weighted by atomic mass is 9.68. The standard InChI is InChI=1S/C32H47N3O3/c1-21(36)28-12-2-4-14-30(28)35(31-15-5-3-13-29(31)33-32(37)38)27-19-24-10-7-11-25(20-27)34(24)26-17-22-8-6-9-23(16-22)18-26/h3,5,13,15,22-28,30,33H,2,4,6-12,14,16-20H2,1H3,(H,37,38)/t22-,23+,24-,25+,26+,27+,28-,30?/m0/s1. The van der Waals surface area contributed by atoms with E-state index in [9.17, 15) is 14.7 Å². The van der Waals surface area contributed by atoms with Gasteiger partial charge in [-0.05, 0) is 88.7 Å². The van der Waals surface area contributed by atoms with Gasteiger partial charge in [0, 0.05) is 36.1 Å². The lowest BCUT2D eigenvalue weighted by Crippen LogP contribution is -2.63. The molecule has 5 aliphatic rings. The second-order valence-corrected chi connectivity index (χ2v) is 13.3. The second kappa shape index (κ2) is 11.2. The number of ketones is 1. The molecular formula is C32H47N3O3. The normalized spacial score (nSPS) is 37.3. The maximum Gasteiger partial charge on any atom is 0.409 e. The highest BCUT2D eigenvalue weighted by molar-refractivity contribution is 5.89. The number of carbonyl (C=O) groups is 2. The topological polar surface area (TPSA) is 72.9 Å². The van der Waals surface area contributed by atoms with Crippen LogP contribution >= 0.6 is 0 Å². The number of piperidine rings is 2. The molecule has 208 valence electrons. The number of fused-ring (bicyclic) bond motifs is 4. The maximum atomic E-state index is 12.9. The molecule has 6 rings (SSSR count). The molecule has 2 heterocycles. The minimum Gasteiger partial charge on any atom is -0.465 e. The van der Waals surface area contributed by atoms with E-state index in [1.54, 1.807) is 6.92 Å². The van der Waals surface area contributed by atoms with E-state index in [1.807, 2.05) is 18.2 Å². The molecule has 2 aliphatic heterocycles. The SMILES string of the molecule is CC(=O)[C@@H]1CCCCC1N(c1ccccc1NC(=O)O)[C@H]1C[C@H]2CCC[C@@H](C1)N2[C@H]1C[C@@H]2CCC[C@@H](C2)C1. The van der Waals surface area contributed by atoms with Gasteiger partial charge in [-0.1, -0.05) is 50.7 Å². The molecular weight excluding hydrogens is 474 g/mol. The van der Waals surface area contributed by atoms with Crippen molar-refractivity contribution in [1.29, 1.82) is 0 Å². The first-order chi connectivity index (χ1) is 18.5. The molecule has 3 aliphatic carbocycles. The summed E-state index contributed by atoms with van der Waals surface area (Å²) in [6, 6.07) is 10.4. The van der Waals surface area contributed by atoms with E-state index in [0.29, 0.717) is 23.8 Å². The van der Waals surface area contributed by atoms with E-state index in [2.05, 4.69) is 21.2 Å². The lowest BCUT2D eigenvalue weighted by molar-refractivity contribution is -0.122. The lowest BCUT2D eigenvalue weighted by Gasteiger charge is -2.58. The fraction of sp³-hybridized carbons (Fsp3) is 0.750. The number of anilines is 2. The van der Waals surface area contributed by atoms with Crippen LogP contribution < -0.4 is 10.2 Å². The van der Waals surface area contributed by atoms with Gasteiger partial charge in [0.1, 0.15) is 5.78 Å². The Balaban J connectivity index is 1.32. The zero-order chi connectivity index (χ0) is 26.2. The highest BCUT2D eigenvalue weighted by Crippen LogP contribution is 2.48. The molecule has 6 nitrogen and oxygen atoms in total. The molecule has 0 aromatic heterocycles. The third-order valence-electron chi connectivity index (χ3n) is 11.0. The quantitative estimate of drug-likeness (QED) is 0.418. The molecule has 6 heteroatoms. The average molecular weight is 522 g/mol. The number of nitrogens with one attached hydrogen (secondary N) is 1. The van der Waals surface area contributed by atoms with Crippen molar-refractivity contribution in [3.63, 3.8) is 0 Å². The summed E-state index contributed by atoms with van der Waals surface area (Å²) in [6.45, 7) is 1.76. The fourth-order valence-electron chi connectivity index (χ4n) is 9.64. The van der Waals surface area contributed by atoms with Crippen LogP contribution in [0.15, 0.2) is 24.3 Å². The van der Waals surface area contributed by atoms with Crippen molar-refractivity contribution in [2.75, 3.05) is 10.2 Å². The van der Waals surface area contributed by atoms with Crippen molar-refractivity contribution in [2.45, 2.75) is 133 Å². The van der Waals surface area contributed by atoms with Gasteiger partial charge >= 0.3 is 6.09 Å². The molecule has 0 spiro atoms. The van der Waals surface area contributed by atoms with E-state index in [-0.39, 0.29) is 17.7 Å². The Hall–Kier alpha value is -2.08. The molecule has 0 radical (unpaired) electrons. The molecule has 8 atom stereocenters. The second-order valence-electron chi connectivity index (χ2n) is 13.3. The number of nitrogens with zero attached hydrogens (tertiary/aromatic N) is 2. The van der Waals surface area contributed by atoms with Gasteiger partial charge in [0.05, 0.1) is 11.4 Å². The first kappa shape index (κ1) is 26.2. The highest BCUT2D eigenvalue weighted by atomic mass is 16.4. The van der Waals surface area contributed by atoms with Crippen molar-refractivity contribution in [3.05, 3.63) is 24.3 Å². The Labute approximate surface area is 228 Å². The van der Waals surface area contributed by atoms with Gasteiger partial charge < -0.3 is 10.0 Å². The summed E-state index contributed by atoms with van der Waals surface area (Å²) in [5.41, 5.74) is 1.62. The minimum absolute atomic E-state index is 0.0252. The van der Waals surface area contributed by atoms with Crippen LogP contribution in [-0.4, -0.2) is 52.1 Å². The number of hydrogen-bond acceptors (Lipinski definition) is 4. The largest absolute Gasteiger partial charge is 0.465 e. The highest BCUT2D eigenvalue weighted by Gasteiger charge is 2.48. The molecule has 2 N–H and O–H groups in total. The van der Waals surface area contributed by atoms with Gasteiger partial charge in [0.15, 0.2) is 0 Å². The van der Waals surface area contributed by atoms with Gasteiger partial charge in [-0.15, -0.1) is 0 Å². The predicted octanol–water partition coefficient (Wildman–Crippen LogP) is 7.09. The molecule has 2 saturated heterocycles. The van der Waals surface area contributed by atoms with Crippen molar-refractivity contribution in [1.82, 2.24) is 4.90 Å². The Kier molecular flexibility index (Phi) is 7.70. The molecule has 38 heavy (non-hydrogen) atoms. The van der Waals surface area contributed by atoms with Gasteiger partial charge in [0.2, 0.25) is 0 Å².